The van der Waals surface area contributed by atoms with Crippen LogP contribution in [0.1, 0.15) is 12.5 Å². The Kier molecular flexibility index (Phi) is 3.45. The summed E-state index contributed by atoms with van der Waals surface area (Å²) >= 11 is 0. The van der Waals surface area contributed by atoms with Gasteiger partial charge in [-0.3, -0.25) is 4.79 Å². The fraction of sp³-hybridized carbons (Fsp3) is 0.500. The number of amides is 1. The molecule has 0 spiro atoms. The average Bonchev–Trinajstić information content (AvgIpc) is 3.03. The predicted octanol–water partition coefficient (Wildman–Crippen LogP) is 2.56. The predicted molar refractivity (Wildman–Crippen MR) is 76.5 cm³/mol. The number of ether oxygens (including phenoxy) is 1. The molecule has 1 aliphatic rings. The van der Waals surface area contributed by atoms with E-state index in [0.29, 0.717) is 6.54 Å². The van der Waals surface area contributed by atoms with E-state index < -0.39 is 14.0 Å². The highest BCUT2D eigenvalue weighted by Gasteiger charge is 2.58. The first-order chi connectivity index (χ1) is 8.78. The Morgan fingerprint density at radius 2 is 1.84 bits per heavy atom. The molecule has 1 unspecified atom stereocenters. The molecule has 0 bridgehead atoms. The van der Waals surface area contributed by atoms with Crippen molar-refractivity contribution in [3.8, 4) is 5.75 Å². The summed E-state index contributed by atoms with van der Waals surface area (Å²) in [7, 11) is -0.106. The molecular formula is C14H21NO3Si. The van der Waals surface area contributed by atoms with Crippen LogP contribution in [0.5, 0.6) is 5.75 Å². The summed E-state index contributed by atoms with van der Waals surface area (Å²) in [6.45, 7) is 8.62. The van der Waals surface area contributed by atoms with Crippen molar-refractivity contribution in [2.45, 2.75) is 32.3 Å². The zero-order chi connectivity index (χ0) is 14.3. The molecule has 1 amide bonds. The highest BCUT2D eigenvalue weighted by atomic mass is 28.4. The van der Waals surface area contributed by atoms with Crippen LogP contribution in [0.2, 0.25) is 19.6 Å². The van der Waals surface area contributed by atoms with Gasteiger partial charge in [-0.15, -0.1) is 0 Å². The lowest BCUT2D eigenvalue weighted by Crippen LogP contribution is -2.36. The zero-order valence-electron chi connectivity index (χ0n) is 12.2. The van der Waals surface area contributed by atoms with E-state index in [1.807, 2.05) is 24.3 Å². The van der Waals surface area contributed by atoms with Gasteiger partial charge in [0, 0.05) is 12.5 Å². The summed E-state index contributed by atoms with van der Waals surface area (Å²) in [6, 6.07) is 7.76. The lowest BCUT2D eigenvalue weighted by molar-refractivity contribution is -0.127. The highest BCUT2D eigenvalue weighted by molar-refractivity contribution is 6.69. The van der Waals surface area contributed by atoms with Crippen LogP contribution in [0, 0.1) is 0 Å². The van der Waals surface area contributed by atoms with Crippen LogP contribution in [0.15, 0.2) is 24.3 Å². The summed E-state index contributed by atoms with van der Waals surface area (Å²) in [5.41, 5.74) is 0.466. The van der Waals surface area contributed by atoms with Crippen LogP contribution in [0.4, 0.5) is 0 Å². The molecule has 4 nitrogen and oxygen atoms in total. The van der Waals surface area contributed by atoms with Gasteiger partial charge in [-0.05, 0) is 31.8 Å². The second-order valence-electron chi connectivity index (χ2n) is 5.83. The van der Waals surface area contributed by atoms with Crippen LogP contribution in [0.25, 0.3) is 0 Å². The molecule has 2 rings (SSSR count). The van der Waals surface area contributed by atoms with Crippen molar-refractivity contribution < 1.29 is 14.0 Å². The molecule has 1 heterocycles. The number of carbonyl (C=O) groups excluding carboxylic acids is 1. The topological polar surface area (TPSA) is 38.5 Å². The molecule has 1 aromatic rings. The standard InChI is InChI=1S/C14H21NO3Si/c1-11(16)15-10-14(15,18-19(3,4)5)12-6-8-13(17-2)9-7-12/h6-9H,10H2,1-5H3. The van der Waals surface area contributed by atoms with Gasteiger partial charge in [0.15, 0.2) is 14.0 Å². The second-order valence-corrected chi connectivity index (χ2v) is 10.3. The van der Waals surface area contributed by atoms with Gasteiger partial charge in [-0.2, -0.15) is 0 Å². The van der Waals surface area contributed by atoms with Crippen molar-refractivity contribution in [1.29, 1.82) is 0 Å². The lowest BCUT2D eigenvalue weighted by Gasteiger charge is -2.27. The van der Waals surface area contributed by atoms with Crippen LogP contribution in [-0.4, -0.2) is 32.8 Å². The molecule has 0 aromatic heterocycles. The van der Waals surface area contributed by atoms with Crippen molar-refractivity contribution >= 4 is 14.2 Å². The fourth-order valence-corrected chi connectivity index (χ4v) is 3.60. The van der Waals surface area contributed by atoms with Gasteiger partial charge in [0.25, 0.3) is 0 Å². The Morgan fingerprint density at radius 1 is 1.26 bits per heavy atom. The Labute approximate surface area is 115 Å². The zero-order valence-corrected chi connectivity index (χ0v) is 13.2. The minimum absolute atomic E-state index is 0.0501. The van der Waals surface area contributed by atoms with Gasteiger partial charge in [-0.1, -0.05) is 12.1 Å². The van der Waals surface area contributed by atoms with Crippen molar-refractivity contribution in [3.63, 3.8) is 0 Å². The van der Waals surface area contributed by atoms with Gasteiger partial charge in [0.05, 0.1) is 13.7 Å². The van der Waals surface area contributed by atoms with E-state index in [1.54, 1.807) is 18.9 Å². The molecule has 0 radical (unpaired) electrons. The summed E-state index contributed by atoms with van der Waals surface area (Å²) in [4.78, 5) is 13.4. The van der Waals surface area contributed by atoms with E-state index in [0.717, 1.165) is 11.3 Å². The number of methoxy groups -OCH3 is 1. The first kappa shape index (κ1) is 14.1. The average molecular weight is 279 g/mol. The van der Waals surface area contributed by atoms with Crippen LogP contribution in [-0.2, 0) is 14.9 Å². The fourth-order valence-electron chi connectivity index (χ4n) is 2.30. The number of carbonyl (C=O) groups is 1. The molecule has 1 aromatic carbocycles. The summed E-state index contributed by atoms with van der Waals surface area (Å²) in [5.74, 6) is 0.857. The quantitative estimate of drug-likeness (QED) is 0.628. The number of rotatable bonds is 4. The molecule has 0 saturated carbocycles. The maximum Gasteiger partial charge on any atom is 0.222 e. The largest absolute Gasteiger partial charge is 0.497 e. The number of nitrogens with zero attached hydrogens (tertiary/aromatic N) is 1. The number of hydrogen-bond acceptors (Lipinski definition) is 3. The van der Waals surface area contributed by atoms with E-state index in [4.69, 9.17) is 9.16 Å². The van der Waals surface area contributed by atoms with E-state index >= 15 is 0 Å². The Balaban J connectivity index is 2.31. The Morgan fingerprint density at radius 3 is 2.21 bits per heavy atom. The SMILES string of the molecule is COc1ccc(C2(O[Si](C)(C)C)CN2C(C)=O)cc1. The van der Waals surface area contributed by atoms with Crippen molar-refractivity contribution in [2.75, 3.05) is 13.7 Å². The van der Waals surface area contributed by atoms with Crippen LogP contribution in [0.3, 0.4) is 0 Å². The lowest BCUT2D eigenvalue weighted by atomic mass is 10.1. The second kappa shape index (κ2) is 4.65. The Bertz CT molecular complexity index is 480. The third-order valence-electron chi connectivity index (χ3n) is 3.10. The first-order valence-electron chi connectivity index (χ1n) is 6.41. The molecule has 1 atom stereocenters. The minimum atomic E-state index is -1.75. The van der Waals surface area contributed by atoms with Crippen molar-refractivity contribution in [2.24, 2.45) is 0 Å². The van der Waals surface area contributed by atoms with Gasteiger partial charge in [-0.25, -0.2) is 0 Å². The molecular weight excluding hydrogens is 258 g/mol. The molecule has 104 valence electrons. The Hall–Kier alpha value is -1.33. The van der Waals surface area contributed by atoms with Gasteiger partial charge < -0.3 is 14.1 Å². The van der Waals surface area contributed by atoms with Crippen molar-refractivity contribution in [1.82, 2.24) is 4.90 Å². The summed E-state index contributed by atoms with van der Waals surface area (Å²) in [6.07, 6.45) is 0. The van der Waals surface area contributed by atoms with E-state index in [2.05, 4.69) is 19.6 Å². The van der Waals surface area contributed by atoms with Crippen LogP contribution >= 0.6 is 0 Å². The summed E-state index contributed by atoms with van der Waals surface area (Å²) < 4.78 is 11.4. The smallest absolute Gasteiger partial charge is 0.222 e. The first-order valence-corrected chi connectivity index (χ1v) is 9.82. The van der Waals surface area contributed by atoms with E-state index in [-0.39, 0.29) is 5.91 Å². The van der Waals surface area contributed by atoms with E-state index in [9.17, 15) is 4.79 Å². The van der Waals surface area contributed by atoms with Gasteiger partial charge >= 0.3 is 0 Å². The van der Waals surface area contributed by atoms with Crippen LogP contribution < -0.4 is 4.74 Å². The monoisotopic (exact) mass is 279 g/mol. The molecule has 5 heteroatoms. The highest BCUT2D eigenvalue weighted by Crippen LogP contribution is 2.46. The maximum absolute atomic E-state index is 11.6. The third-order valence-corrected chi connectivity index (χ3v) is 4.05. The maximum atomic E-state index is 11.6. The molecule has 19 heavy (non-hydrogen) atoms. The molecule has 1 aliphatic heterocycles. The third kappa shape index (κ3) is 2.82. The van der Waals surface area contributed by atoms with E-state index in [1.165, 1.54) is 0 Å². The summed E-state index contributed by atoms with van der Waals surface area (Å²) in [5, 5.41) is 0. The normalized spacial score (nSPS) is 22.3. The number of hydrogen-bond donors (Lipinski definition) is 0. The molecule has 1 saturated heterocycles. The molecule has 0 N–H and O–H groups in total. The number of benzene rings is 1. The van der Waals surface area contributed by atoms with Gasteiger partial charge in [0.2, 0.25) is 5.91 Å². The van der Waals surface area contributed by atoms with Gasteiger partial charge in [0.1, 0.15) is 5.75 Å². The van der Waals surface area contributed by atoms with Crippen molar-refractivity contribution in [3.05, 3.63) is 29.8 Å². The molecule has 0 aliphatic carbocycles. The minimum Gasteiger partial charge on any atom is -0.497 e. The molecule has 1 fully saturated rings.